The number of amides is 4. The maximum absolute atomic E-state index is 14.3. The summed E-state index contributed by atoms with van der Waals surface area (Å²) in [6, 6.07) is 9.47. The van der Waals surface area contributed by atoms with E-state index in [1.165, 1.54) is 11.0 Å². The molecule has 14 nitrogen and oxygen atoms in total. The molecule has 2 aromatic carbocycles. The molecule has 1 atom stereocenters. The first-order chi connectivity index (χ1) is 28.5. The summed E-state index contributed by atoms with van der Waals surface area (Å²) in [4.78, 5) is 65.0. The first kappa shape index (κ1) is 45.2. The molecule has 18 heteroatoms. The topological polar surface area (TPSA) is 144 Å². The van der Waals surface area contributed by atoms with Crippen molar-refractivity contribution in [3.63, 3.8) is 0 Å². The van der Waals surface area contributed by atoms with E-state index in [-0.39, 0.29) is 60.2 Å². The number of nitrogens with one attached hydrogen (secondary N) is 1. The maximum Gasteiger partial charge on any atom is 0.418 e. The molecule has 0 radical (unpaired) electrons. The van der Waals surface area contributed by atoms with Gasteiger partial charge in [0.15, 0.2) is 6.10 Å². The number of piperidine rings is 2. The molecular weight excluding hydrogens is 805 g/mol. The molecular formula is C42H58ClF3N8O6. The monoisotopic (exact) mass is 862 g/mol. The Morgan fingerprint density at radius 3 is 2.33 bits per heavy atom. The molecule has 0 spiro atoms. The molecule has 3 fully saturated rings. The van der Waals surface area contributed by atoms with E-state index in [1.807, 2.05) is 43.3 Å². The molecule has 4 aliphatic heterocycles. The van der Waals surface area contributed by atoms with Crippen LogP contribution in [0.2, 0.25) is 5.02 Å². The average molecular weight is 863 g/mol. The first-order valence-corrected chi connectivity index (χ1v) is 21.2. The highest BCUT2D eigenvalue weighted by atomic mass is 35.5. The number of para-hydroxylation sites is 1. The van der Waals surface area contributed by atoms with Crippen LogP contribution >= 0.6 is 11.6 Å². The number of nitrogens with two attached hydrogens (primary N) is 1. The third-order valence-corrected chi connectivity index (χ3v) is 12.7. The molecule has 3 N–H and O–H groups in total. The van der Waals surface area contributed by atoms with Gasteiger partial charge in [0.1, 0.15) is 0 Å². The van der Waals surface area contributed by atoms with Gasteiger partial charge in [-0.05, 0) is 88.9 Å². The van der Waals surface area contributed by atoms with Gasteiger partial charge in [0.25, 0.3) is 5.91 Å². The summed E-state index contributed by atoms with van der Waals surface area (Å²) in [6.45, 7) is 8.27. The summed E-state index contributed by atoms with van der Waals surface area (Å²) in [6.07, 6.45) is -3.63. The van der Waals surface area contributed by atoms with E-state index in [2.05, 4.69) is 22.0 Å². The van der Waals surface area contributed by atoms with E-state index < -0.39 is 35.5 Å². The van der Waals surface area contributed by atoms with Crippen LogP contribution < -0.4 is 11.1 Å². The van der Waals surface area contributed by atoms with E-state index in [1.54, 1.807) is 9.80 Å². The summed E-state index contributed by atoms with van der Waals surface area (Å²) >= 11 is 6.16. The number of piperazine rings is 1. The number of ether oxygens (including phenoxy) is 2. The Morgan fingerprint density at radius 2 is 1.67 bits per heavy atom. The molecule has 0 saturated carbocycles. The number of nitrogens with zero attached hydrogens (tertiary/aromatic N) is 6. The van der Waals surface area contributed by atoms with Crippen LogP contribution in [0.3, 0.4) is 0 Å². The molecule has 60 heavy (non-hydrogen) atoms. The predicted molar refractivity (Wildman–Crippen MR) is 222 cm³/mol. The normalized spacial score (nSPS) is 20.0. The highest BCUT2D eigenvalue weighted by molar-refractivity contribution is 6.33. The van der Waals surface area contributed by atoms with Gasteiger partial charge in [0.2, 0.25) is 0 Å². The number of benzene rings is 2. The SMILES string of the molecule is CN(C)CCCOC(=O)CN1CCN(C2(C)CCN(C(=O)C(Cc3cc(Cl)c(N)c(C(F)(F)F)c3)OC(=O)N3CCC(N4CCc5ccccc5NC4=O)CC3)CC2)CC1. The molecule has 1 unspecified atom stereocenters. The number of halogens is 4. The third-order valence-electron chi connectivity index (χ3n) is 12.4. The van der Waals surface area contributed by atoms with Crippen LogP contribution in [0, 0.1) is 0 Å². The highest BCUT2D eigenvalue weighted by Crippen LogP contribution is 2.38. The maximum atomic E-state index is 14.3. The number of fused-ring (bicyclic) bond motifs is 1. The Morgan fingerprint density at radius 1 is 0.983 bits per heavy atom. The number of nitrogen functional groups attached to an aromatic ring is 1. The smallest absolute Gasteiger partial charge is 0.418 e. The number of anilines is 2. The fourth-order valence-corrected chi connectivity index (χ4v) is 8.93. The number of rotatable bonds is 12. The van der Waals surface area contributed by atoms with Crippen molar-refractivity contribution in [2.45, 2.75) is 75.7 Å². The van der Waals surface area contributed by atoms with Gasteiger partial charge in [-0.3, -0.25) is 19.4 Å². The summed E-state index contributed by atoms with van der Waals surface area (Å²) in [5, 5.41) is 2.67. The quantitative estimate of drug-likeness (QED) is 0.169. The molecule has 330 valence electrons. The van der Waals surface area contributed by atoms with Crippen molar-refractivity contribution in [1.29, 1.82) is 0 Å². The molecule has 0 aliphatic carbocycles. The van der Waals surface area contributed by atoms with Crippen LogP contribution in [0.25, 0.3) is 0 Å². The zero-order chi connectivity index (χ0) is 43.2. The molecule has 4 heterocycles. The van der Waals surface area contributed by atoms with Crippen molar-refractivity contribution in [3.05, 3.63) is 58.1 Å². The lowest BCUT2D eigenvalue weighted by Crippen LogP contribution is -2.60. The summed E-state index contributed by atoms with van der Waals surface area (Å²) in [5.41, 5.74) is 5.60. The van der Waals surface area contributed by atoms with Gasteiger partial charge >= 0.3 is 24.3 Å². The third kappa shape index (κ3) is 11.3. The van der Waals surface area contributed by atoms with Gasteiger partial charge in [0, 0.05) is 89.1 Å². The lowest BCUT2D eigenvalue weighted by atomic mass is 9.86. The van der Waals surface area contributed by atoms with Crippen LogP contribution in [-0.2, 0) is 38.1 Å². The second kappa shape index (κ2) is 19.6. The zero-order valence-corrected chi connectivity index (χ0v) is 35.5. The largest absolute Gasteiger partial charge is 0.465 e. The number of hydrogen-bond acceptors (Lipinski definition) is 10. The highest BCUT2D eigenvalue weighted by Gasteiger charge is 2.42. The standard InChI is InChI=1S/C42H58ClF3N8O6/c1-41(53-22-20-50(21-23-53)28-36(55)59-24-6-14-49(2)3)12-18-51(19-13-41)38(56)35(27-29-25-32(42(44,45)46)37(47)33(43)26-29)60-40(58)52-15-10-31(11-16-52)54-17-9-30-7-4-5-8-34(30)48-39(54)57/h4-5,7-8,25-26,31,35H,6,9-24,27-28,47H2,1-3H3,(H,48,57). The van der Waals surface area contributed by atoms with Crippen molar-refractivity contribution < 1.29 is 41.8 Å². The molecule has 2 aromatic rings. The molecule has 0 aromatic heterocycles. The van der Waals surface area contributed by atoms with Crippen molar-refractivity contribution in [2.24, 2.45) is 0 Å². The molecule has 6 rings (SSSR count). The Labute approximate surface area is 355 Å². The van der Waals surface area contributed by atoms with Gasteiger partial charge in [-0.2, -0.15) is 13.2 Å². The van der Waals surface area contributed by atoms with Crippen LogP contribution in [0.1, 0.15) is 55.7 Å². The fourth-order valence-electron chi connectivity index (χ4n) is 8.68. The van der Waals surface area contributed by atoms with Gasteiger partial charge in [-0.15, -0.1) is 0 Å². The van der Waals surface area contributed by atoms with Crippen LogP contribution in [-0.4, -0.2) is 164 Å². The Balaban J connectivity index is 1.06. The van der Waals surface area contributed by atoms with Gasteiger partial charge < -0.3 is 40.1 Å². The van der Waals surface area contributed by atoms with Gasteiger partial charge in [-0.1, -0.05) is 29.8 Å². The second-order valence-corrected chi connectivity index (χ2v) is 17.2. The van der Waals surface area contributed by atoms with Crippen LogP contribution in [0.15, 0.2) is 36.4 Å². The lowest BCUT2D eigenvalue weighted by molar-refractivity contribution is -0.146. The van der Waals surface area contributed by atoms with Crippen LogP contribution in [0.4, 0.5) is 34.1 Å². The number of esters is 1. The molecule has 4 aliphatic rings. The Bertz CT molecular complexity index is 1850. The number of alkyl halides is 3. The van der Waals surface area contributed by atoms with E-state index >= 15 is 0 Å². The lowest BCUT2D eigenvalue weighted by Gasteiger charge is -2.50. The first-order valence-electron chi connectivity index (χ1n) is 20.8. The summed E-state index contributed by atoms with van der Waals surface area (Å²) < 4.78 is 53.2. The van der Waals surface area contributed by atoms with E-state index in [9.17, 15) is 32.3 Å². The minimum atomic E-state index is -4.80. The van der Waals surface area contributed by atoms with Crippen molar-refractivity contribution in [2.75, 3.05) is 104 Å². The Kier molecular flexibility index (Phi) is 14.8. The second-order valence-electron chi connectivity index (χ2n) is 16.8. The summed E-state index contributed by atoms with van der Waals surface area (Å²) in [5.74, 6) is -0.735. The number of carbonyl (C=O) groups is 4. The fraction of sp³-hybridized carbons (Fsp3) is 0.619. The van der Waals surface area contributed by atoms with Gasteiger partial charge in [-0.25, -0.2) is 9.59 Å². The number of carbonyl (C=O) groups excluding carboxylic acids is 4. The number of urea groups is 1. The Hall–Kier alpha value is -4.32. The van der Waals surface area contributed by atoms with Crippen molar-refractivity contribution in [3.8, 4) is 0 Å². The average Bonchev–Trinajstić information content (AvgIpc) is 3.38. The molecule has 3 saturated heterocycles. The minimum absolute atomic E-state index is 0.0525. The predicted octanol–water partition coefficient (Wildman–Crippen LogP) is 5.04. The van der Waals surface area contributed by atoms with E-state index in [0.717, 1.165) is 43.4 Å². The minimum Gasteiger partial charge on any atom is -0.465 e. The van der Waals surface area contributed by atoms with E-state index in [0.29, 0.717) is 71.4 Å². The zero-order valence-electron chi connectivity index (χ0n) is 34.8. The van der Waals surface area contributed by atoms with Gasteiger partial charge in [0.05, 0.1) is 29.4 Å². The summed E-state index contributed by atoms with van der Waals surface area (Å²) in [7, 11) is 3.95. The number of hydrogen-bond donors (Lipinski definition) is 2. The molecule has 4 amide bonds. The van der Waals surface area contributed by atoms with E-state index in [4.69, 9.17) is 26.8 Å². The van der Waals surface area contributed by atoms with Crippen LogP contribution in [0.5, 0.6) is 0 Å². The molecule has 0 bridgehead atoms. The van der Waals surface area contributed by atoms with Crippen molar-refractivity contribution in [1.82, 2.24) is 29.4 Å². The number of likely N-dealkylation sites (tertiary alicyclic amines) is 2. The van der Waals surface area contributed by atoms with Crippen molar-refractivity contribution >= 4 is 47.0 Å².